The predicted octanol–water partition coefficient (Wildman–Crippen LogP) is 3.26. The summed E-state index contributed by atoms with van der Waals surface area (Å²) < 4.78 is 2.01. The molecule has 0 aliphatic carbocycles. The Labute approximate surface area is 133 Å². The molecule has 0 atom stereocenters. The summed E-state index contributed by atoms with van der Waals surface area (Å²) in [6.45, 7) is 1.96. The van der Waals surface area contributed by atoms with E-state index in [2.05, 4.69) is 15.3 Å². The second-order valence-electron chi connectivity index (χ2n) is 4.97. The van der Waals surface area contributed by atoms with Crippen LogP contribution in [0.1, 0.15) is 17.8 Å². The summed E-state index contributed by atoms with van der Waals surface area (Å²) in [5.41, 5.74) is 2.89. The van der Waals surface area contributed by atoms with Gasteiger partial charge in [0.25, 0.3) is 0 Å². The molecule has 3 aromatic rings. The molecule has 0 aromatic carbocycles. The second kappa shape index (κ2) is 6.15. The molecule has 0 aliphatic heterocycles. The van der Waals surface area contributed by atoms with E-state index in [0.29, 0.717) is 23.8 Å². The minimum Gasteiger partial charge on any atom is -0.311 e. The molecule has 3 aromatic heterocycles. The molecule has 1 N–H and O–H groups in total. The quantitative estimate of drug-likeness (QED) is 0.752. The molecular formula is C16H15ClN4O. The molecule has 0 bridgehead atoms. The van der Waals surface area contributed by atoms with Crippen molar-refractivity contribution in [1.82, 2.24) is 14.4 Å². The van der Waals surface area contributed by atoms with Gasteiger partial charge in [0.15, 0.2) is 0 Å². The predicted molar refractivity (Wildman–Crippen MR) is 86.1 cm³/mol. The number of carbonyl (C=O) groups is 1. The van der Waals surface area contributed by atoms with Crippen LogP contribution in [0.5, 0.6) is 0 Å². The molecule has 3 rings (SSSR count). The lowest BCUT2D eigenvalue weighted by atomic mass is 10.2. The number of rotatable bonds is 4. The highest BCUT2D eigenvalue weighted by Crippen LogP contribution is 2.14. The van der Waals surface area contributed by atoms with Crippen LogP contribution in [0.3, 0.4) is 0 Å². The van der Waals surface area contributed by atoms with Crippen molar-refractivity contribution in [3.63, 3.8) is 0 Å². The van der Waals surface area contributed by atoms with Gasteiger partial charge in [-0.1, -0.05) is 23.7 Å². The number of hydrogen-bond donors (Lipinski definition) is 1. The number of hydrogen-bond acceptors (Lipinski definition) is 3. The monoisotopic (exact) mass is 314 g/mol. The molecule has 0 saturated carbocycles. The molecule has 3 heterocycles. The van der Waals surface area contributed by atoms with Gasteiger partial charge < -0.3 is 9.72 Å². The standard InChI is InChI=1S/C16H15ClN4O/c1-11-12(21-10-3-2-7-15(21)18-11)8-9-16(22)20-14-6-4-5-13(17)19-14/h2-7,10H,8-9H2,1H3,(H,19,20,22). The molecule has 112 valence electrons. The van der Waals surface area contributed by atoms with Crippen molar-refractivity contribution in [3.8, 4) is 0 Å². The van der Waals surface area contributed by atoms with Gasteiger partial charge in [-0.25, -0.2) is 9.97 Å². The van der Waals surface area contributed by atoms with E-state index in [4.69, 9.17) is 11.6 Å². The second-order valence-corrected chi connectivity index (χ2v) is 5.35. The Balaban J connectivity index is 1.69. The van der Waals surface area contributed by atoms with E-state index < -0.39 is 0 Å². The third-order valence-electron chi connectivity index (χ3n) is 3.40. The first kappa shape index (κ1) is 14.5. The van der Waals surface area contributed by atoms with Crippen LogP contribution in [-0.4, -0.2) is 20.3 Å². The number of anilines is 1. The molecular weight excluding hydrogens is 300 g/mol. The summed E-state index contributed by atoms with van der Waals surface area (Å²) in [5, 5.41) is 3.11. The number of halogens is 1. The SMILES string of the molecule is Cc1nc2ccccn2c1CCC(=O)Nc1cccc(Cl)n1. The Morgan fingerprint density at radius 3 is 2.91 bits per heavy atom. The third kappa shape index (κ3) is 3.09. The number of pyridine rings is 2. The van der Waals surface area contributed by atoms with E-state index >= 15 is 0 Å². The van der Waals surface area contributed by atoms with Crippen LogP contribution in [0.2, 0.25) is 5.15 Å². The van der Waals surface area contributed by atoms with Crippen molar-refractivity contribution >= 4 is 29.0 Å². The van der Waals surface area contributed by atoms with Gasteiger partial charge in [0, 0.05) is 18.3 Å². The summed E-state index contributed by atoms with van der Waals surface area (Å²) in [6.07, 6.45) is 2.93. The maximum Gasteiger partial charge on any atom is 0.225 e. The highest BCUT2D eigenvalue weighted by Gasteiger charge is 2.11. The van der Waals surface area contributed by atoms with Gasteiger partial charge in [0.1, 0.15) is 16.6 Å². The van der Waals surface area contributed by atoms with Crippen LogP contribution in [0.15, 0.2) is 42.6 Å². The first-order valence-electron chi connectivity index (χ1n) is 6.98. The molecule has 0 spiro atoms. The smallest absolute Gasteiger partial charge is 0.225 e. The Morgan fingerprint density at radius 2 is 2.09 bits per heavy atom. The average molecular weight is 315 g/mol. The average Bonchev–Trinajstić information content (AvgIpc) is 2.80. The lowest BCUT2D eigenvalue weighted by molar-refractivity contribution is -0.116. The summed E-state index contributed by atoms with van der Waals surface area (Å²) >= 11 is 5.80. The van der Waals surface area contributed by atoms with Gasteiger partial charge in [-0.3, -0.25) is 4.79 Å². The number of aryl methyl sites for hydroxylation is 2. The van der Waals surface area contributed by atoms with Crippen LogP contribution in [-0.2, 0) is 11.2 Å². The van der Waals surface area contributed by atoms with Crippen molar-refractivity contribution in [2.45, 2.75) is 19.8 Å². The number of carbonyl (C=O) groups excluding carboxylic acids is 1. The van der Waals surface area contributed by atoms with Crippen LogP contribution in [0.25, 0.3) is 5.65 Å². The molecule has 0 unspecified atom stereocenters. The molecule has 0 saturated heterocycles. The van der Waals surface area contributed by atoms with Gasteiger partial charge in [0.05, 0.1) is 5.69 Å². The minimum atomic E-state index is -0.0972. The van der Waals surface area contributed by atoms with E-state index in [1.807, 2.05) is 35.7 Å². The van der Waals surface area contributed by atoms with Crippen molar-refractivity contribution in [3.05, 3.63) is 59.1 Å². The number of fused-ring (bicyclic) bond motifs is 1. The molecule has 1 amide bonds. The fourth-order valence-corrected chi connectivity index (χ4v) is 2.54. The van der Waals surface area contributed by atoms with Gasteiger partial charge in [-0.05, 0) is 37.6 Å². The van der Waals surface area contributed by atoms with Crippen LogP contribution in [0, 0.1) is 6.92 Å². The highest BCUT2D eigenvalue weighted by atomic mass is 35.5. The molecule has 0 aliphatic rings. The van der Waals surface area contributed by atoms with Crippen LogP contribution in [0.4, 0.5) is 5.82 Å². The number of nitrogens with zero attached hydrogens (tertiary/aromatic N) is 3. The Morgan fingerprint density at radius 1 is 1.23 bits per heavy atom. The Bertz CT molecular complexity index is 828. The third-order valence-corrected chi connectivity index (χ3v) is 3.61. The summed E-state index contributed by atoms with van der Waals surface area (Å²) in [6, 6.07) is 11.0. The first-order chi connectivity index (χ1) is 10.6. The number of nitrogens with one attached hydrogen (secondary N) is 1. The highest BCUT2D eigenvalue weighted by molar-refractivity contribution is 6.29. The number of amides is 1. The zero-order chi connectivity index (χ0) is 15.5. The Kier molecular flexibility index (Phi) is 4.06. The number of imidazole rings is 1. The summed E-state index contributed by atoms with van der Waals surface area (Å²) in [7, 11) is 0. The van der Waals surface area contributed by atoms with E-state index in [0.717, 1.165) is 17.0 Å². The van der Waals surface area contributed by atoms with E-state index in [1.54, 1.807) is 18.2 Å². The summed E-state index contributed by atoms with van der Waals surface area (Å²) in [4.78, 5) is 20.6. The fourth-order valence-electron chi connectivity index (χ4n) is 2.38. The minimum absolute atomic E-state index is 0.0972. The van der Waals surface area contributed by atoms with Gasteiger partial charge >= 0.3 is 0 Å². The summed E-state index contributed by atoms with van der Waals surface area (Å²) in [5.74, 6) is 0.368. The lowest BCUT2D eigenvalue weighted by Crippen LogP contribution is -2.14. The van der Waals surface area contributed by atoms with E-state index in [-0.39, 0.29) is 5.91 Å². The zero-order valence-electron chi connectivity index (χ0n) is 12.1. The van der Waals surface area contributed by atoms with Gasteiger partial charge in [0.2, 0.25) is 5.91 Å². The lowest BCUT2D eigenvalue weighted by Gasteiger charge is -2.05. The van der Waals surface area contributed by atoms with Crippen molar-refractivity contribution in [1.29, 1.82) is 0 Å². The van der Waals surface area contributed by atoms with E-state index in [9.17, 15) is 4.79 Å². The van der Waals surface area contributed by atoms with Crippen molar-refractivity contribution in [2.75, 3.05) is 5.32 Å². The van der Waals surface area contributed by atoms with Crippen LogP contribution < -0.4 is 5.32 Å². The molecule has 22 heavy (non-hydrogen) atoms. The first-order valence-corrected chi connectivity index (χ1v) is 7.36. The largest absolute Gasteiger partial charge is 0.311 e. The fraction of sp³-hybridized carbons (Fsp3) is 0.188. The van der Waals surface area contributed by atoms with Crippen LogP contribution >= 0.6 is 11.6 Å². The molecule has 0 radical (unpaired) electrons. The molecule has 0 fully saturated rings. The maximum absolute atomic E-state index is 12.0. The van der Waals surface area contributed by atoms with Crippen molar-refractivity contribution < 1.29 is 4.79 Å². The molecule has 5 nitrogen and oxygen atoms in total. The topological polar surface area (TPSA) is 59.3 Å². The zero-order valence-corrected chi connectivity index (χ0v) is 12.8. The van der Waals surface area contributed by atoms with Crippen molar-refractivity contribution in [2.24, 2.45) is 0 Å². The Hall–Kier alpha value is -2.40. The van der Waals surface area contributed by atoms with Gasteiger partial charge in [-0.2, -0.15) is 0 Å². The molecule has 6 heteroatoms. The van der Waals surface area contributed by atoms with Gasteiger partial charge in [-0.15, -0.1) is 0 Å². The maximum atomic E-state index is 12.0. The van der Waals surface area contributed by atoms with E-state index in [1.165, 1.54) is 0 Å². The number of aromatic nitrogens is 3. The normalized spacial score (nSPS) is 10.8.